The maximum Gasteiger partial charge on any atom is 0.274 e. The quantitative estimate of drug-likeness (QED) is 0.609. The molecule has 5 heteroatoms. The van der Waals surface area contributed by atoms with E-state index in [1.54, 1.807) is 31.1 Å². The lowest BCUT2D eigenvalue weighted by atomic mass is 9.94. The van der Waals surface area contributed by atoms with Crippen molar-refractivity contribution in [1.82, 2.24) is 5.32 Å². The number of amides is 2. The van der Waals surface area contributed by atoms with Crippen LogP contribution in [-0.4, -0.2) is 25.9 Å². The lowest BCUT2D eigenvalue weighted by molar-refractivity contribution is -0.114. The first kappa shape index (κ1) is 20.4. The highest BCUT2D eigenvalue weighted by molar-refractivity contribution is 6.16. The molecule has 0 saturated heterocycles. The van der Waals surface area contributed by atoms with Gasteiger partial charge in [0.15, 0.2) is 0 Å². The molecule has 0 spiro atoms. The number of nitrogens with one attached hydrogen (secondary N) is 2. The third-order valence-electron chi connectivity index (χ3n) is 5.57. The van der Waals surface area contributed by atoms with Crippen molar-refractivity contribution < 1.29 is 9.59 Å². The van der Waals surface area contributed by atoms with Gasteiger partial charge in [-0.25, -0.2) is 0 Å². The molecule has 31 heavy (non-hydrogen) atoms. The van der Waals surface area contributed by atoms with E-state index >= 15 is 0 Å². The Labute approximate surface area is 182 Å². The summed E-state index contributed by atoms with van der Waals surface area (Å²) in [5, 5.41) is 6.01. The van der Waals surface area contributed by atoms with E-state index in [-0.39, 0.29) is 11.8 Å². The van der Waals surface area contributed by atoms with Gasteiger partial charge in [0.1, 0.15) is 5.70 Å². The number of allylic oxidation sites excluding steroid dienone is 1. The molecule has 5 nitrogen and oxygen atoms in total. The third kappa shape index (κ3) is 4.21. The Morgan fingerprint density at radius 3 is 2.26 bits per heavy atom. The molecule has 0 bridgehead atoms. The fraction of sp³-hybridized carbons (Fsp3) is 0.154. The number of carbonyl (C=O) groups excluding carboxylic acids is 2. The maximum atomic E-state index is 13.3. The molecule has 2 N–H and O–H groups in total. The van der Waals surface area contributed by atoms with Gasteiger partial charge >= 0.3 is 0 Å². The van der Waals surface area contributed by atoms with Crippen molar-refractivity contribution in [2.45, 2.75) is 12.8 Å². The number of aryl methyl sites for hydroxylation is 1. The first-order chi connectivity index (χ1) is 15.1. The summed E-state index contributed by atoms with van der Waals surface area (Å²) in [6.07, 6.45) is 1.49. The number of fused-ring (bicyclic) bond motifs is 1. The van der Waals surface area contributed by atoms with Crippen LogP contribution >= 0.6 is 0 Å². The number of anilines is 2. The summed E-state index contributed by atoms with van der Waals surface area (Å²) in [6.45, 7) is 0. The monoisotopic (exact) mass is 411 g/mol. The van der Waals surface area contributed by atoms with Crippen molar-refractivity contribution in [3.05, 3.63) is 101 Å². The van der Waals surface area contributed by atoms with E-state index < -0.39 is 0 Å². The molecule has 0 atom stereocenters. The van der Waals surface area contributed by atoms with Crippen molar-refractivity contribution in [1.29, 1.82) is 0 Å². The Balaban J connectivity index is 1.76. The largest absolute Gasteiger partial charge is 0.355 e. The minimum Gasteiger partial charge on any atom is -0.355 e. The number of carbonyl (C=O) groups is 2. The SMILES string of the molecule is CNC(=O)c1ccc(/C(CCc2ccccc2)=C2/Nc3ccccc3N(C)C2=O)cc1. The number of hydrogen-bond acceptors (Lipinski definition) is 3. The van der Waals surface area contributed by atoms with Gasteiger partial charge in [0.05, 0.1) is 11.4 Å². The van der Waals surface area contributed by atoms with Gasteiger partial charge in [-0.3, -0.25) is 9.59 Å². The van der Waals surface area contributed by atoms with Gasteiger partial charge in [-0.15, -0.1) is 0 Å². The van der Waals surface area contributed by atoms with Crippen molar-refractivity contribution in [3.8, 4) is 0 Å². The molecule has 3 aromatic carbocycles. The fourth-order valence-corrected chi connectivity index (χ4v) is 3.84. The fourth-order valence-electron chi connectivity index (χ4n) is 3.84. The summed E-state index contributed by atoms with van der Waals surface area (Å²) in [5.41, 5.74) is 5.98. The summed E-state index contributed by atoms with van der Waals surface area (Å²) < 4.78 is 0. The van der Waals surface area contributed by atoms with Gasteiger partial charge < -0.3 is 15.5 Å². The van der Waals surface area contributed by atoms with Gasteiger partial charge in [0.25, 0.3) is 11.8 Å². The Morgan fingerprint density at radius 2 is 1.55 bits per heavy atom. The molecule has 0 radical (unpaired) electrons. The second kappa shape index (κ2) is 8.88. The average molecular weight is 412 g/mol. The number of nitrogens with zero attached hydrogens (tertiary/aromatic N) is 1. The van der Waals surface area contributed by atoms with Gasteiger partial charge in [0.2, 0.25) is 0 Å². The Morgan fingerprint density at radius 1 is 0.903 bits per heavy atom. The number of likely N-dealkylation sites (N-methyl/N-ethyl adjacent to an activating group) is 1. The molecule has 2 amide bonds. The van der Waals surface area contributed by atoms with E-state index in [0.29, 0.717) is 17.7 Å². The number of para-hydroxylation sites is 2. The van der Waals surface area contributed by atoms with Gasteiger partial charge in [-0.05, 0) is 53.8 Å². The van der Waals surface area contributed by atoms with Gasteiger partial charge in [0, 0.05) is 19.7 Å². The van der Waals surface area contributed by atoms with Crippen LogP contribution in [0.1, 0.15) is 27.9 Å². The van der Waals surface area contributed by atoms with E-state index in [4.69, 9.17) is 0 Å². The molecule has 4 rings (SSSR count). The average Bonchev–Trinajstić information content (AvgIpc) is 2.82. The molecule has 1 heterocycles. The molecular formula is C26H25N3O2. The van der Waals surface area contributed by atoms with Crippen LogP contribution in [0, 0.1) is 0 Å². The van der Waals surface area contributed by atoms with Crippen LogP contribution in [-0.2, 0) is 11.2 Å². The van der Waals surface area contributed by atoms with Crippen LogP contribution in [0.2, 0.25) is 0 Å². The summed E-state index contributed by atoms with van der Waals surface area (Å²) in [4.78, 5) is 26.9. The van der Waals surface area contributed by atoms with Crippen molar-refractivity contribution in [2.24, 2.45) is 0 Å². The van der Waals surface area contributed by atoms with Gasteiger partial charge in [-0.1, -0.05) is 54.6 Å². The highest BCUT2D eigenvalue weighted by Gasteiger charge is 2.28. The number of benzene rings is 3. The lowest BCUT2D eigenvalue weighted by Crippen LogP contribution is -2.36. The molecule has 0 unspecified atom stereocenters. The first-order valence-electron chi connectivity index (χ1n) is 10.3. The summed E-state index contributed by atoms with van der Waals surface area (Å²) in [7, 11) is 3.41. The highest BCUT2D eigenvalue weighted by atomic mass is 16.2. The Bertz CT molecular complexity index is 1130. The van der Waals surface area contributed by atoms with Crippen molar-refractivity contribution in [3.63, 3.8) is 0 Å². The minimum atomic E-state index is -0.134. The zero-order valence-electron chi connectivity index (χ0n) is 17.7. The molecule has 3 aromatic rings. The molecule has 1 aliphatic rings. The Kier molecular flexibility index (Phi) is 5.85. The Hall–Kier alpha value is -3.86. The zero-order valence-corrected chi connectivity index (χ0v) is 17.7. The van der Waals surface area contributed by atoms with Crippen molar-refractivity contribution >= 4 is 28.8 Å². The summed E-state index contributed by atoms with van der Waals surface area (Å²) >= 11 is 0. The standard InChI is InChI=1S/C26H25N3O2/c1-27-25(30)20-15-13-19(14-16-20)21(17-12-18-8-4-3-5-9-18)24-26(31)29(2)23-11-7-6-10-22(23)28-24/h3-11,13-16,28H,12,17H2,1-2H3,(H,27,30)/b24-21+. The van der Waals surface area contributed by atoms with Crippen molar-refractivity contribution in [2.75, 3.05) is 24.3 Å². The molecular weight excluding hydrogens is 386 g/mol. The first-order valence-corrected chi connectivity index (χ1v) is 10.3. The van der Waals surface area contributed by atoms with Crippen LogP contribution in [0.3, 0.4) is 0 Å². The predicted molar refractivity (Wildman–Crippen MR) is 125 cm³/mol. The second-order valence-corrected chi connectivity index (χ2v) is 7.50. The highest BCUT2D eigenvalue weighted by Crippen LogP contribution is 2.35. The molecule has 0 fully saturated rings. The molecule has 156 valence electrons. The topological polar surface area (TPSA) is 61.4 Å². The molecule has 0 saturated carbocycles. The molecule has 0 aliphatic carbocycles. The van der Waals surface area contributed by atoms with Crippen LogP contribution in [0.5, 0.6) is 0 Å². The minimum absolute atomic E-state index is 0.0721. The number of rotatable bonds is 5. The zero-order chi connectivity index (χ0) is 21.8. The van der Waals surface area contributed by atoms with Crippen LogP contribution in [0.15, 0.2) is 84.6 Å². The lowest BCUT2D eigenvalue weighted by Gasteiger charge is -2.30. The molecule has 0 aromatic heterocycles. The predicted octanol–water partition coefficient (Wildman–Crippen LogP) is 4.48. The van der Waals surface area contributed by atoms with Gasteiger partial charge in [-0.2, -0.15) is 0 Å². The normalized spacial score (nSPS) is 14.5. The smallest absolute Gasteiger partial charge is 0.274 e. The van der Waals surface area contributed by atoms with E-state index in [0.717, 1.165) is 28.9 Å². The maximum absolute atomic E-state index is 13.3. The van der Waals surface area contributed by atoms with E-state index in [9.17, 15) is 9.59 Å². The molecule has 1 aliphatic heterocycles. The third-order valence-corrected chi connectivity index (χ3v) is 5.57. The van der Waals surface area contributed by atoms with E-state index in [1.807, 2.05) is 54.6 Å². The second-order valence-electron chi connectivity index (χ2n) is 7.50. The van der Waals surface area contributed by atoms with E-state index in [2.05, 4.69) is 22.8 Å². The van der Waals surface area contributed by atoms with Crippen LogP contribution in [0.4, 0.5) is 11.4 Å². The van der Waals surface area contributed by atoms with Crippen LogP contribution < -0.4 is 15.5 Å². The summed E-state index contributed by atoms with van der Waals surface area (Å²) in [6, 6.07) is 25.4. The summed E-state index contributed by atoms with van der Waals surface area (Å²) in [5.74, 6) is -0.206. The van der Waals surface area contributed by atoms with E-state index in [1.165, 1.54) is 5.56 Å². The number of hydrogen-bond donors (Lipinski definition) is 2. The van der Waals surface area contributed by atoms with Crippen LogP contribution in [0.25, 0.3) is 5.57 Å².